The highest BCUT2D eigenvalue weighted by Crippen LogP contribution is 2.12. The Kier molecular flexibility index (Phi) is 5.41. The van der Waals surface area contributed by atoms with Crippen molar-refractivity contribution >= 4 is 17.5 Å². The molecule has 1 N–H and O–H groups in total. The van der Waals surface area contributed by atoms with Gasteiger partial charge in [0.25, 0.3) is 0 Å². The first-order chi connectivity index (χ1) is 8.00. The number of nitrogens with one attached hydrogen (secondary N) is 1. The SMILES string of the molecule is CC(=O)N1CCCC(F)C1.Cc1cn[nH]c1Cl. The predicted octanol–water partition coefficient (Wildman–Crippen LogP) is 2.34. The van der Waals surface area contributed by atoms with E-state index in [1.807, 2.05) is 6.92 Å². The number of hydrogen-bond acceptors (Lipinski definition) is 2. The lowest BCUT2D eigenvalue weighted by Crippen LogP contribution is -2.39. The van der Waals surface area contributed by atoms with Crippen molar-refractivity contribution in [1.82, 2.24) is 15.1 Å². The summed E-state index contributed by atoms with van der Waals surface area (Å²) in [5, 5.41) is 6.87. The maximum Gasteiger partial charge on any atom is 0.219 e. The molecule has 0 bridgehead atoms. The number of H-pyrrole nitrogens is 1. The van der Waals surface area contributed by atoms with Crippen LogP contribution in [0.3, 0.4) is 0 Å². The number of rotatable bonds is 0. The average molecular weight is 262 g/mol. The largest absolute Gasteiger partial charge is 0.340 e. The van der Waals surface area contributed by atoms with Crippen molar-refractivity contribution < 1.29 is 9.18 Å². The summed E-state index contributed by atoms with van der Waals surface area (Å²) in [5.74, 6) is -0.0117. The molecule has 1 saturated heterocycles. The first-order valence-corrected chi connectivity index (χ1v) is 5.93. The molecule has 0 aromatic carbocycles. The fourth-order valence-corrected chi connectivity index (χ4v) is 1.64. The molecule has 1 aliphatic heterocycles. The number of aromatic amines is 1. The Morgan fingerprint density at radius 1 is 1.71 bits per heavy atom. The fourth-order valence-electron chi connectivity index (χ4n) is 1.54. The smallest absolute Gasteiger partial charge is 0.219 e. The van der Waals surface area contributed by atoms with Crippen molar-refractivity contribution in [1.29, 1.82) is 0 Å². The van der Waals surface area contributed by atoms with Crippen LogP contribution in [0.4, 0.5) is 4.39 Å². The number of amides is 1. The molecule has 1 amide bonds. The van der Waals surface area contributed by atoms with Gasteiger partial charge in [-0.05, 0) is 19.8 Å². The topological polar surface area (TPSA) is 49.0 Å². The minimum atomic E-state index is -0.794. The lowest BCUT2D eigenvalue weighted by molar-refractivity contribution is -0.130. The van der Waals surface area contributed by atoms with Gasteiger partial charge < -0.3 is 4.90 Å². The molecule has 0 spiro atoms. The Balaban J connectivity index is 0.000000181. The zero-order valence-corrected chi connectivity index (χ0v) is 10.8. The summed E-state index contributed by atoms with van der Waals surface area (Å²) >= 11 is 5.51. The normalized spacial score (nSPS) is 19.5. The standard InChI is InChI=1S/C7H12FNO.C4H5ClN2/c1-6(10)9-4-2-3-7(8)5-9;1-3-2-6-7-4(3)5/h7H,2-5H2,1H3;2H,1H3,(H,6,7). The molecule has 6 heteroatoms. The zero-order valence-electron chi connectivity index (χ0n) is 10.0. The number of aromatic nitrogens is 2. The summed E-state index contributed by atoms with van der Waals surface area (Å²) in [5.41, 5.74) is 0.988. The molecule has 1 fully saturated rings. The van der Waals surface area contributed by atoms with Crippen LogP contribution in [0.15, 0.2) is 6.20 Å². The monoisotopic (exact) mass is 261 g/mol. The number of piperidine rings is 1. The maximum atomic E-state index is 12.6. The quantitative estimate of drug-likeness (QED) is 0.779. The van der Waals surface area contributed by atoms with Gasteiger partial charge in [-0.15, -0.1) is 0 Å². The van der Waals surface area contributed by atoms with E-state index < -0.39 is 6.17 Å². The van der Waals surface area contributed by atoms with Crippen LogP contribution in [0.1, 0.15) is 25.3 Å². The molecule has 2 heterocycles. The molecule has 1 aromatic rings. The second-order valence-corrected chi connectivity index (χ2v) is 4.45. The minimum Gasteiger partial charge on any atom is -0.340 e. The maximum absolute atomic E-state index is 12.6. The van der Waals surface area contributed by atoms with Crippen LogP contribution in [0.5, 0.6) is 0 Å². The van der Waals surface area contributed by atoms with E-state index in [2.05, 4.69) is 10.2 Å². The van der Waals surface area contributed by atoms with Crippen LogP contribution in [-0.2, 0) is 4.79 Å². The Morgan fingerprint density at radius 2 is 2.41 bits per heavy atom. The number of halogens is 2. The first-order valence-electron chi connectivity index (χ1n) is 5.55. The van der Waals surface area contributed by atoms with Gasteiger partial charge >= 0.3 is 0 Å². The van der Waals surface area contributed by atoms with E-state index in [0.29, 0.717) is 18.1 Å². The number of likely N-dealkylation sites (tertiary alicyclic amines) is 1. The van der Waals surface area contributed by atoms with E-state index in [1.54, 1.807) is 11.1 Å². The Bertz CT molecular complexity index is 353. The van der Waals surface area contributed by atoms with Gasteiger partial charge in [0.15, 0.2) is 0 Å². The molecule has 1 aromatic heterocycles. The third kappa shape index (κ3) is 4.73. The minimum absolute atomic E-state index is 0.0117. The van der Waals surface area contributed by atoms with E-state index >= 15 is 0 Å². The summed E-state index contributed by atoms with van der Waals surface area (Å²) in [4.78, 5) is 12.3. The van der Waals surface area contributed by atoms with Gasteiger partial charge in [-0.25, -0.2) is 4.39 Å². The lowest BCUT2D eigenvalue weighted by atomic mass is 10.1. The van der Waals surface area contributed by atoms with E-state index in [0.717, 1.165) is 18.5 Å². The van der Waals surface area contributed by atoms with E-state index in [-0.39, 0.29) is 5.91 Å². The molecule has 1 unspecified atom stereocenters. The molecule has 2 rings (SSSR count). The van der Waals surface area contributed by atoms with Crippen LogP contribution in [0.25, 0.3) is 0 Å². The molecule has 4 nitrogen and oxygen atoms in total. The Hall–Kier alpha value is -1.10. The number of carbonyl (C=O) groups is 1. The summed E-state index contributed by atoms with van der Waals surface area (Å²) in [6.45, 7) is 4.41. The van der Waals surface area contributed by atoms with E-state index in [1.165, 1.54) is 6.92 Å². The second kappa shape index (κ2) is 6.59. The molecular weight excluding hydrogens is 245 g/mol. The van der Waals surface area contributed by atoms with Crippen LogP contribution in [0.2, 0.25) is 5.15 Å². The Labute approximate surface area is 105 Å². The Morgan fingerprint density at radius 3 is 2.71 bits per heavy atom. The van der Waals surface area contributed by atoms with E-state index in [4.69, 9.17) is 11.6 Å². The summed E-state index contributed by atoms with van der Waals surface area (Å²) in [6.07, 6.45) is 2.31. The van der Waals surface area contributed by atoms with Crippen molar-refractivity contribution in [3.05, 3.63) is 16.9 Å². The highest BCUT2D eigenvalue weighted by Gasteiger charge is 2.20. The van der Waals surface area contributed by atoms with Gasteiger partial charge in [-0.1, -0.05) is 11.6 Å². The van der Waals surface area contributed by atoms with E-state index in [9.17, 15) is 9.18 Å². The van der Waals surface area contributed by atoms with Gasteiger partial charge in [-0.3, -0.25) is 9.89 Å². The highest BCUT2D eigenvalue weighted by atomic mass is 35.5. The van der Waals surface area contributed by atoms with Crippen LogP contribution >= 0.6 is 11.6 Å². The summed E-state index contributed by atoms with van der Waals surface area (Å²) in [6, 6.07) is 0. The predicted molar refractivity (Wildman–Crippen MR) is 64.7 cm³/mol. The molecule has 96 valence electrons. The first kappa shape index (κ1) is 14.0. The van der Waals surface area contributed by atoms with Crippen molar-refractivity contribution in [2.45, 2.75) is 32.9 Å². The molecule has 1 aliphatic rings. The molecule has 0 aliphatic carbocycles. The number of carbonyl (C=O) groups excluding carboxylic acids is 1. The summed E-state index contributed by atoms with van der Waals surface area (Å²) < 4.78 is 12.6. The van der Waals surface area contributed by atoms with Crippen LogP contribution in [-0.4, -0.2) is 40.3 Å². The number of nitrogens with zero attached hydrogens (tertiary/aromatic N) is 2. The molecule has 17 heavy (non-hydrogen) atoms. The van der Waals surface area contributed by atoms with Crippen LogP contribution in [0, 0.1) is 6.92 Å². The third-order valence-corrected chi connectivity index (χ3v) is 2.96. The number of aryl methyl sites for hydroxylation is 1. The van der Waals surface area contributed by atoms with Crippen molar-refractivity contribution in [2.24, 2.45) is 0 Å². The molecule has 0 radical (unpaired) electrons. The van der Waals surface area contributed by atoms with Gasteiger partial charge in [0, 0.05) is 19.0 Å². The van der Waals surface area contributed by atoms with Gasteiger partial charge in [-0.2, -0.15) is 5.10 Å². The van der Waals surface area contributed by atoms with Crippen molar-refractivity contribution in [3.63, 3.8) is 0 Å². The summed E-state index contributed by atoms with van der Waals surface area (Å²) in [7, 11) is 0. The van der Waals surface area contributed by atoms with Gasteiger partial charge in [0.1, 0.15) is 11.3 Å². The average Bonchev–Trinajstić information content (AvgIpc) is 2.64. The van der Waals surface area contributed by atoms with Gasteiger partial charge in [0.05, 0.1) is 12.7 Å². The molecule has 1 atom stereocenters. The van der Waals surface area contributed by atoms with Crippen LogP contribution < -0.4 is 0 Å². The molecular formula is C11H17ClFN3O. The highest BCUT2D eigenvalue weighted by molar-refractivity contribution is 6.30. The fraction of sp³-hybridized carbons (Fsp3) is 0.636. The van der Waals surface area contributed by atoms with Crippen molar-refractivity contribution in [2.75, 3.05) is 13.1 Å². The van der Waals surface area contributed by atoms with Gasteiger partial charge in [0.2, 0.25) is 5.91 Å². The third-order valence-electron chi connectivity index (χ3n) is 2.58. The number of alkyl halides is 1. The lowest BCUT2D eigenvalue weighted by Gasteiger charge is -2.27. The second-order valence-electron chi connectivity index (χ2n) is 4.07. The number of hydrogen-bond donors (Lipinski definition) is 1. The molecule has 0 saturated carbocycles. The van der Waals surface area contributed by atoms with Crippen molar-refractivity contribution in [3.8, 4) is 0 Å². The zero-order chi connectivity index (χ0) is 12.8.